The SMILES string of the molecule is O=C(NCC(Cc1ccccc1)N1CCCCC1)Nc1ccccc1. The zero-order valence-corrected chi connectivity index (χ0v) is 14.7. The van der Waals surface area contributed by atoms with Crippen LogP contribution < -0.4 is 10.6 Å². The van der Waals surface area contributed by atoms with Gasteiger partial charge in [-0.15, -0.1) is 0 Å². The molecule has 3 rings (SSSR count). The minimum Gasteiger partial charge on any atom is -0.336 e. The maximum atomic E-state index is 12.2. The van der Waals surface area contributed by atoms with E-state index >= 15 is 0 Å². The third-order valence-corrected chi connectivity index (χ3v) is 4.75. The van der Waals surface area contributed by atoms with Gasteiger partial charge in [0.1, 0.15) is 0 Å². The lowest BCUT2D eigenvalue weighted by molar-refractivity contribution is 0.159. The topological polar surface area (TPSA) is 44.4 Å². The molecule has 132 valence electrons. The predicted octanol–water partition coefficient (Wildman–Crippen LogP) is 3.91. The number of likely N-dealkylation sites (tertiary alicyclic amines) is 1. The van der Waals surface area contributed by atoms with Crippen LogP contribution in [0.1, 0.15) is 24.8 Å². The molecule has 25 heavy (non-hydrogen) atoms. The second-order valence-corrected chi connectivity index (χ2v) is 6.64. The second-order valence-electron chi connectivity index (χ2n) is 6.64. The van der Waals surface area contributed by atoms with Gasteiger partial charge in [0.2, 0.25) is 0 Å². The quantitative estimate of drug-likeness (QED) is 0.839. The van der Waals surface area contributed by atoms with E-state index in [1.165, 1.54) is 24.8 Å². The second kappa shape index (κ2) is 9.23. The number of nitrogens with one attached hydrogen (secondary N) is 2. The summed E-state index contributed by atoms with van der Waals surface area (Å²) in [5.41, 5.74) is 2.14. The van der Waals surface area contributed by atoms with Crippen LogP contribution in [0, 0.1) is 0 Å². The van der Waals surface area contributed by atoms with E-state index in [2.05, 4.69) is 39.8 Å². The van der Waals surface area contributed by atoms with Crippen molar-refractivity contribution in [1.82, 2.24) is 10.2 Å². The fraction of sp³-hybridized carbons (Fsp3) is 0.381. The Bertz CT molecular complexity index is 639. The molecule has 1 aliphatic heterocycles. The lowest BCUT2D eigenvalue weighted by Crippen LogP contribution is -2.48. The lowest BCUT2D eigenvalue weighted by atomic mass is 10.0. The number of nitrogens with zero attached hydrogens (tertiary/aromatic N) is 1. The summed E-state index contributed by atoms with van der Waals surface area (Å²) in [6.07, 6.45) is 4.78. The van der Waals surface area contributed by atoms with Gasteiger partial charge in [-0.1, -0.05) is 55.0 Å². The van der Waals surface area contributed by atoms with Gasteiger partial charge in [-0.05, 0) is 50.0 Å². The van der Waals surface area contributed by atoms with Gasteiger partial charge in [0, 0.05) is 18.3 Å². The Morgan fingerprint density at radius 3 is 2.24 bits per heavy atom. The fourth-order valence-corrected chi connectivity index (χ4v) is 3.41. The zero-order chi connectivity index (χ0) is 17.3. The van der Waals surface area contributed by atoms with Crippen molar-refractivity contribution in [3.63, 3.8) is 0 Å². The molecule has 1 fully saturated rings. The first kappa shape index (κ1) is 17.5. The minimum atomic E-state index is -0.138. The van der Waals surface area contributed by atoms with Crippen molar-refractivity contribution in [2.45, 2.75) is 31.7 Å². The average Bonchev–Trinajstić information content (AvgIpc) is 2.67. The smallest absolute Gasteiger partial charge is 0.319 e. The van der Waals surface area contributed by atoms with Crippen LogP contribution in [-0.2, 0) is 6.42 Å². The molecule has 2 aromatic carbocycles. The van der Waals surface area contributed by atoms with Crippen molar-refractivity contribution < 1.29 is 4.79 Å². The van der Waals surface area contributed by atoms with Crippen LogP contribution in [0.15, 0.2) is 60.7 Å². The van der Waals surface area contributed by atoms with Gasteiger partial charge in [0.15, 0.2) is 0 Å². The predicted molar refractivity (Wildman–Crippen MR) is 103 cm³/mol. The van der Waals surface area contributed by atoms with E-state index in [0.29, 0.717) is 12.6 Å². The molecule has 4 nitrogen and oxygen atoms in total. The van der Waals surface area contributed by atoms with Crippen molar-refractivity contribution in [2.24, 2.45) is 0 Å². The molecule has 2 N–H and O–H groups in total. The normalized spacial score (nSPS) is 16.2. The Morgan fingerprint density at radius 1 is 0.920 bits per heavy atom. The Morgan fingerprint density at radius 2 is 1.56 bits per heavy atom. The number of hydrogen-bond donors (Lipinski definition) is 2. The number of urea groups is 1. The van der Waals surface area contributed by atoms with E-state index in [4.69, 9.17) is 0 Å². The van der Waals surface area contributed by atoms with E-state index < -0.39 is 0 Å². The largest absolute Gasteiger partial charge is 0.336 e. The summed E-state index contributed by atoms with van der Waals surface area (Å²) < 4.78 is 0. The number of amides is 2. The Hall–Kier alpha value is -2.33. The molecule has 1 aliphatic rings. The summed E-state index contributed by atoms with van der Waals surface area (Å²) in [5.74, 6) is 0. The maximum Gasteiger partial charge on any atom is 0.319 e. The molecule has 4 heteroatoms. The van der Waals surface area contributed by atoms with Crippen molar-refractivity contribution in [1.29, 1.82) is 0 Å². The molecule has 2 aromatic rings. The number of para-hydroxylation sites is 1. The summed E-state index contributed by atoms with van der Waals surface area (Å²) in [6, 6.07) is 20.3. The first-order valence-corrected chi connectivity index (χ1v) is 9.19. The summed E-state index contributed by atoms with van der Waals surface area (Å²) in [6.45, 7) is 2.91. The van der Waals surface area contributed by atoms with Crippen LogP contribution in [0.5, 0.6) is 0 Å². The van der Waals surface area contributed by atoms with Crippen molar-refractivity contribution in [3.05, 3.63) is 66.2 Å². The molecule has 1 saturated heterocycles. The molecule has 0 aromatic heterocycles. The number of benzene rings is 2. The highest BCUT2D eigenvalue weighted by Gasteiger charge is 2.21. The Balaban J connectivity index is 1.57. The maximum absolute atomic E-state index is 12.2. The lowest BCUT2D eigenvalue weighted by Gasteiger charge is -2.35. The highest BCUT2D eigenvalue weighted by molar-refractivity contribution is 5.89. The van der Waals surface area contributed by atoms with Crippen molar-refractivity contribution in [2.75, 3.05) is 25.0 Å². The summed E-state index contributed by atoms with van der Waals surface area (Å²) in [4.78, 5) is 14.7. The number of carbonyl (C=O) groups excluding carboxylic acids is 1. The summed E-state index contributed by atoms with van der Waals surface area (Å²) in [7, 11) is 0. The molecular weight excluding hydrogens is 310 g/mol. The Labute approximate surface area is 150 Å². The summed E-state index contributed by atoms with van der Waals surface area (Å²) in [5, 5.41) is 5.95. The van der Waals surface area contributed by atoms with Gasteiger partial charge in [-0.2, -0.15) is 0 Å². The average molecular weight is 337 g/mol. The fourth-order valence-electron chi connectivity index (χ4n) is 3.41. The van der Waals surface area contributed by atoms with Crippen LogP contribution in [-0.4, -0.2) is 36.6 Å². The zero-order valence-electron chi connectivity index (χ0n) is 14.7. The molecule has 0 aliphatic carbocycles. The van der Waals surface area contributed by atoms with Gasteiger partial charge in [0.05, 0.1) is 0 Å². The number of anilines is 1. The number of carbonyl (C=O) groups is 1. The highest BCUT2D eigenvalue weighted by Crippen LogP contribution is 2.15. The first-order chi connectivity index (χ1) is 12.3. The molecular formula is C21H27N3O. The van der Waals surface area contributed by atoms with E-state index in [0.717, 1.165) is 25.2 Å². The van der Waals surface area contributed by atoms with E-state index in [1.807, 2.05) is 36.4 Å². The molecule has 1 atom stereocenters. The molecule has 0 saturated carbocycles. The third-order valence-electron chi connectivity index (χ3n) is 4.75. The van der Waals surface area contributed by atoms with E-state index in [1.54, 1.807) is 0 Å². The monoisotopic (exact) mass is 337 g/mol. The first-order valence-electron chi connectivity index (χ1n) is 9.19. The molecule has 0 bridgehead atoms. The van der Waals surface area contributed by atoms with Gasteiger partial charge in [-0.25, -0.2) is 4.79 Å². The van der Waals surface area contributed by atoms with Crippen LogP contribution in [0.25, 0.3) is 0 Å². The standard InChI is InChI=1S/C21H27N3O/c25-21(23-19-12-6-2-7-13-19)22-17-20(24-14-8-3-9-15-24)16-18-10-4-1-5-11-18/h1-2,4-7,10-13,20H,3,8-9,14-17H2,(H2,22,23,25). The highest BCUT2D eigenvalue weighted by atomic mass is 16.2. The van der Waals surface area contributed by atoms with Crippen molar-refractivity contribution in [3.8, 4) is 0 Å². The molecule has 0 radical (unpaired) electrons. The number of piperidine rings is 1. The van der Waals surface area contributed by atoms with E-state index in [-0.39, 0.29) is 6.03 Å². The van der Waals surface area contributed by atoms with E-state index in [9.17, 15) is 4.79 Å². The number of rotatable bonds is 6. The number of hydrogen-bond acceptors (Lipinski definition) is 2. The van der Waals surface area contributed by atoms with Gasteiger partial charge in [0.25, 0.3) is 0 Å². The van der Waals surface area contributed by atoms with Gasteiger partial charge in [-0.3, -0.25) is 4.90 Å². The Kier molecular flexibility index (Phi) is 6.46. The molecule has 0 spiro atoms. The summed E-state index contributed by atoms with van der Waals surface area (Å²) >= 11 is 0. The van der Waals surface area contributed by atoms with Crippen LogP contribution in [0.3, 0.4) is 0 Å². The van der Waals surface area contributed by atoms with Crippen LogP contribution in [0.2, 0.25) is 0 Å². The molecule has 2 amide bonds. The van der Waals surface area contributed by atoms with Crippen LogP contribution in [0.4, 0.5) is 10.5 Å². The van der Waals surface area contributed by atoms with Gasteiger partial charge < -0.3 is 10.6 Å². The van der Waals surface area contributed by atoms with Crippen LogP contribution >= 0.6 is 0 Å². The molecule has 1 unspecified atom stereocenters. The van der Waals surface area contributed by atoms with Crippen molar-refractivity contribution >= 4 is 11.7 Å². The third kappa shape index (κ3) is 5.61. The van der Waals surface area contributed by atoms with Gasteiger partial charge >= 0.3 is 6.03 Å². The minimum absolute atomic E-state index is 0.138. The molecule has 1 heterocycles.